The van der Waals surface area contributed by atoms with Gasteiger partial charge in [-0.15, -0.1) is 0 Å². The van der Waals surface area contributed by atoms with Crippen molar-refractivity contribution in [3.63, 3.8) is 0 Å². The smallest absolute Gasteiger partial charge is 0.272 e. The van der Waals surface area contributed by atoms with E-state index < -0.39 is 23.2 Å². The molecule has 0 aliphatic carbocycles. The highest BCUT2D eigenvalue weighted by molar-refractivity contribution is 9.10. The van der Waals surface area contributed by atoms with Gasteiger partial charge < -0.3 is 9.88 Å². The SMILES string of the molecule is CCn1cc(Cl)cc1C(=O)Nc1c(F)cc(Br)cc1F. The molecule has 0 spiro atoms. The molecule has 0 unspecified atom stereocenters. The first-order valence-corrected chi connectivity index (χ1v) is 6.91. The van der Waals surface area contributed by atoms with Gasteiger partial charge in [0.05, 0.1) is 5.02 Å². The van der Waals surface area contributed by atoms with E-state index in [0.29, 0.717) is 11.6 Å². The second-order valence-electron chi connectivity index (χ2n) is 4.03. The van der Waals surface area contributed by atoms with Crippen LogP contribution in [-0.4, -0.2) is 10.5 Å². The molecule has 3 nitrogen and oxygen atoms in total. The predicted molar refractivity (Wildman–Crippen MR) is 77.1 cm³/mol. The van der Waals surface area contributed by atoms with Crippen LogP contribution in [0.1, 0.15) is 17.4 Å². The maximum Gasteiger partial charge on any atom is 0.272 e. The van der Waals surface area contributed by atoms with Crippen LogP contribution >= 0.6 is 27.5 Å². The van der Waals surface area contributed by atoms with Crippen molar-refractivity contribution in [1.29, 1.82) is 0 Å². The molecule has 1 N–H and O–H groups in total. The molecule has 1 heterocycles. The molecule has 7 heteroatoms. The van der Waals surface area contributed by atoms with Gasteiger partial charge in [0, 0.05) is 17.2 Å². The highest BCUT2D eigenvalue weighted by Crippen LogP contribution is 2.25. The van der Waals surface area contributed by atoms with Gasteiger partial charge in [0.15, 0.2) is 11.6 Å². The Morgan fingerprint density at radius 1 is 1.35 bits per heavy atom. The normalized spacial score (nSPS) is 10.7. The summed E-state index contributed by atoms with van der Waals surface area (Å²) in [7, 11) is 0. The van der Waals surface area contributed by atoms with Crippen molar-refractivity contribution in [3.8, 4) is 0 Å². The Hall–Kier alpha value is -1.40. The number of nitrogens with zero attached hydrogens (tertiary/aromatic N) is 1. The van der Waals surface area contributed by atoms with Gasteiger partial charge in [-0.3, -0.25) is 4.79 Å². The standard InChI is InChI=1S/C13H10BrClF2N2O/c1-2-19-6-8(15)5-11(19)13(20)18-12-9(16)3-7(14)4-10(12)17/h3-6H,2H2,1H3,(H,18,20). The van der Waals surface area contributed by atoms with Crippen LogP contribution in [0.2, 0.25) is 5.02 Å². The summed E-state index contributed by atoms with van der Waals surface area (Å²) >= 11 is 8.79. The summed E-state index contributed by atoms with van der Waals surface area (Å²) < 4.78 is 29.2. The first-order valence-electron chi connectivity index (χ1n) is 5.74. The Labute approximate surface area is 127 Å². The average molecular weight is 364 g/mol. The van der Waals surface area contributed by atoms with Gasteiger partial charge in [0.25, 0.3) is 5.91 Å². The number of rotatable bonds is 3. The van der Waals surface area contributed by atoms with Crippen LogP contribution in [-0.2, 0) is 6.54 Å². The number of benzene rings is 1. The van der Waals surface area contributed by atoms with Crippen molar-refractivity contribution in [1.82, 2.24) is 4.57 Å². The molecule has 1 amide bonds. The third-order valence-electron chi connectivity index (χ3n) is 2.68. The quantitative estimate of drug-likeness (QED) is 0.858. The molecule has 2 rings (SSSR count). The van der Waals surface area contributed by atoms with E-state index in [2.05, 4.69) is 21.2 Å². The highest BCUT2D eigenvalue weighted by atomic mass is 79.9. The maximum atomic E-state index is 13.7. The molecule has 0 saturated heterocycles. The lowest BCUT2D eigenvalue weighted by atomic mass is 10.2. The summed E-state index contributed by atoms with van der Waals surface area (Å²) in [6.07, 6.45) is 1.57. The average Bonchev–Trinajstić information content (AvgIpc) is 2.75. The zero-order chi connectivity index (χ0) is 14.9. The van der Waals surface area contributed by atoms with Gasteiger partial charge >= 0.3 is 0 Å². The molecule has 1 aromatic carbocycles. The zero-order valence-electron chi connectivity index (χ0n) is 10.4. The van der Waals surface area contributed by atoms with E-state index in [0.717, 1.165) is 12.1 Å². The minimum Gasteiger partial charge on any atom is -0.342 e. The van der Waals surface area contributed by atoms with Crippen LogP contribution in [0.25, 0.3) is 0 Å². The van der Waals surface area contributed by atoms with E-state index in [1.165, 1.54) is 6.07 Å². The molecule has 0 aliphatic heterocycles. The molecular formula is C13H10BrClF2N2O. The third-order valence-corrected chi connectivity index (χ3v) is 3.35. The number of carbonyl (C=O) groups excluding carboxylic acids is 1. The van der Waals surface area contributed by atoms with Gasteiger partial charge in [-0.2, -0.15) is 0 Å². The Balaban J connectivity index is 2.32. The molecule has 20 heavy (non-hydrogen) atoms. The van der Waals surface area contributed by atoms with E-state index in [4.69, 9.17) is 11.6 Å². The molecule has 0 saturated carbocycles. The molecule has 106 valence electrons. The number of carbonyl (C=O) groups is 1. The number of hydrogen-bond acceptors (Lipinski definition) is 1. The first kappa shape index (κ1) is 15.0. The lowest BCUT2D eigenvalue weighted by Crippen LogP contribution is -2.18. The minimum absolute atomic E-state index is 0.235. The van der Waals surface area contributed by atoms with Crippen LogP contribution in [0, 0.1) is 11.6 Å². The van der Waals surface area contributed by atoms with E-state index in [1.807, 2.05) is 6.92 Å². The van der Waals surface area contributed by atoms with Crippen molar-refractivity contribution in [2.45, 2.75) is 13.5 Å². The Morgan fingerprint density at radius 3 is 2.50 bits per heavy atom. The van der Waals surface area contributed by atoms with E-state index in [-0.39, 0.29) is 10.2 Å². The number of halogens is 4. The Bertz CT molecular complexity index is 649. The van der Waals surface area contributed by atoms with Crippen LogP contribution in [0.4, 0.5) is 14.5 Å². The lowest BCUT2D eigenvalue weighted by Gasteiger charge is -2.09. The molecule has 0 aliphatic rings. The van der Waals surface area contributed by atoms with E-state index >= 15 is 0 Å². The number of aryl methyl sites for hydroxylation is 1. The second kappa shape index (κ2) is 5.93. The van der Waals surface area contributed by atoms with Crippen LogP contribution in [0.5, 0.6) is 0 Å². The van der Waals surface area contributed by atoms with E-state index in [9.17, 15) is 13.6 Å². The van der Waals surface area contributed by atoms with Crippen LogP contribution < -0.4 is 5.32 Å². The number of hydrogen-bond donors (Lipinski definition) is 1. The van der Waals surface area contributed by atoms with Crippen molar-refractivity contribution in [2.24, 2.45) is 0 Å². The van der Waals surface area contributed by atoms with E-state index in [1.54, 1.807) is 10.8 Å². The summed E-state index contributed by atoms with van der Waals surface area (Å²) in [5.74, 6) is -2.34. The molecule has 0 bridgehead atoms. The molecule has 1 aromatic heterocycles. The van der Waals surface area contributed by atoms with Gasteiger partial charge in [0.1, 0.15) is 11.4 Å². The maximum absolute atomic E-state index is 13.7. The minimum atomic E-state index is -0.856. The van der Waals surface area contributed by atoms with Crippen LogP contribution in [0.3, 0.4) is 0 Å². The number of nitrogens with one attached hydrogen (secondary N) is 1. The predicted octanol–water partition coefficient (Wildman–Crippen LogP) is 4.45. The lowest BCUT2D eigenvalue weighted by molar-refractivity contribution is 0.101. The second-order valence-corrected chi connectivity index (χ2v) is 5.38. The fraction of sp³-hybridized carbons (Fsp3) is 0.154. The van der Waals surface area contributed by atoms with Gasteiger partial charge in [0.2, 0.25) is 0 Å². The number of aromatic nitrogens is 1. The summed E-state index contributed by atoms with van der Waals surface area (Å²) in [6.45, 7) is 2.34. The topological polar surface area (TPSA) is 34.0 Å². The van der Waals surface area contributed by atoms with Crippen molar-refractivity contribution in [2.75, 3.05) is 5.32 Å². The van der Waals surface area contributed by atoms with Gasteiger partial charge in [-0.25, -0.2) is 8.78 Å². The molecular weight excluding hydrogens is 354 g/mol. The van der Waals surface area contributed by atoms with Crippen LogP contribution in [0.15, 0.2) is 28.9 Å². The molecule has 2 aromatic rings. The van der Waals surface area contributed by atoms with Crippen molar-refractivity contribution < 1.29 is 13.6 Å². The fourth-order valence-electron chi connectivity index (χ4n) is 1.77. The zero-order valence-corrected chi connectivity index (χ0v) is 12.7. The number of anilines is 1. The fourth-order valence-corrected chi connectivity index (χ4v) is 2.39. The first-order chi connectivity index (χ1) is 9.42. The summed E-state index contributed by atoms with van der Waals surface area (Å²) in [6, 6.07) is 3.59. The summed E-state index contributed by atoms with van der Waals surface area (Å²) in [5.41, 5.74) is -0.252. The highest BCUT2D eigenvalue weighted by Gasteiger charge is 2.17. The molecule has 0 atom stereocenters. The monoisotopic (exact) mass is 362 g/mol. The van der Waals surface area contributed by atoms with Crippen molar-refractivity contribution >= 4 is 39.1 Å². The molecule has 0 fully saturated rings. The number of amides is 1. The van der Waals surface area contributed by atoms with Gasteiger partial charge in [-0.1, -0.05) is 27.5 Å². The summed E-state index contributed by atoms with van der Waals surface area (Å²) in [4.78, 5) is 12.1. The molecule has 0 radical (unpaired) electrons. The Morgan fingerprint density at radius 2 is 1.95 bits per heavy atom. The summed E-state index contributed by atoms with van der Waals surface area (Å²) in [5, 5.41) is 2.60. The largest absolute Gasteiger partial charge is 0.342 e. The van der Waals surface area contributed by atoms with Crippen molar-refractivity contribution in [3.05, 3.63) is 51.2 Å². The van der Waals surface area contributed by atoms with Gasteiger partial charge in [-0.05, 0) is 25.1 Å². The third kappa shape index (κ3) is 3.02. The Kier molecular flexibility index (Phi) is 4.45.